The average Bonchev–Trinajstić information content (AvgIpc) is 2.70. The minimum absolute atomic E-state index is 0.219. The van der Waals surface area contributed by atoms with E-state index in [1.54, 1.807) is 11.4 Å². The van der Waals surface area contributed by atoms with Crippen LogP contribution >= 0.6 is 0 Å². The van der Waals surface area contributed by atoms with Crippen LogP contribution in [-0.4, -0.2) is 63.8 Å². The maximum Gasteiger partial charge on any atom is 0.214 e. The molecular formula is C21H36N4O3S. The van der Waals surface area contributed by atoms with Gasteiger partial charge in [0.25, 0.3) is 0 Å². The zero-order valence-electron chi connectivity index (χ0n) is 18.1. The molecule has 0 saturated carbocycles. The molecule has 2 rings (SSSR count). The Kier molecular flexibility index (Phi) is 9.23. The molecule has 0 unspecified atom stereocenters. The van der Waals surface area contributed by atoms with Gasteiger partial charge in [-0.1, -0.05) is 39.0 Å². The van der Waals surface area contributed by atoms with Crippen LogP contribution in [0, 0.1) is 0 Å². The summed E-state index contributed by atoms with van der Waals surface area (Å²) in [6.07, 6.45) is 2.21. The molecule has 1 aromatic carbocycles. The van der Waals surface area contributed by atoms with Crippen molar-refractivity contribution >= 4 is 16.0 Å². The Hall–Kier alpha value is -1.80. The zero-order chi connectivity index (χ0) is 21.3. The minimum Gasteiger partial charge on any atom is -0.491 e. The molecule has 164 valence electrons. The smallest absolute Gasteiger partial charge is 0.214 e. The van der Waals surface area contributed by atoms with E-state index >= 15 is 0 Å². The highest BCUT2D eigenvalue weighted by molar-refractivity contribution is 7.89. The number of guanidine groups is 1. The monoisotopic (exact) mass is 424 g/mol. The molecule has 2 N–H and O–H groups in total. The van der Waals surface area contributed by atoms with Crippen LogP contribution in [0.25, 0.3) is 0 Å². The number of rotatable bonds is 9. The van der Waals surface area contributed by atoms with E-state index in [0.29, 0.717) is 38.6 Å². The van der Waals surface area contributed by atoms with E-state index in [1.165, 1.54) is 5.56 Å². The van der Waals surface area contributed by atoms with Gasteiger partial charge in [-0.15, -0.1) is 0 Å². The van der Waals surface area contributed by atoms with Crippen molar-refractivity contribution in [3.63, 3.8) is 0 Å². The molecule has 0 aliphatic carbocycles. The normalized spacial score (nSPS) is 16.8. The number of ether oxygens (including phenoxy) is 1. The number of piperidine rings is 1. The highest BCUT2D eigenvalue weighted by atomic mass is 32.2. The van der Waals surface area contributed by atoms with Gasteiger partial charge in [-0.2, -0.15) is 0 Å². The quantitative estimate of drug-likeness (QED) is 0.362. The van der Waals surface area contributed by atoms with E-state index in [9.17, 15) is 8.42 Å². The van der Waals surface area contributed by atoms with E-state index in [1.807, 2.05) is 25.1 Å². The highest BCUT2D eigenvalue weighted by Gasteiger charge is 2.27. The Labute approximate surface area is 176 Å². The van der Waals surface area contributed by atoms with Crippen LogP contribution in [0.15, 0.2) is 29.3 Å². The Balaban J connectivity index is 1.74. The lowest BCUT2D eigenvalue weighted by Gasteiger charge is -2.32. The number of para-hydroxylation sites is 1. The number of benzene rings is 1. The average molecular weight is 425 g/mol. The summed E-state index contributed by atoms with van der Waals surface area (Å²) in [4.78, 5) is 4.28. The number of aliphatic imine (C=N–C) groups is 1. The van der Waals surface area contributed by atoms with Crippen molar-refractivity contribution in [1.82, 2.24) is 14.9 Å². The third kappa shape index (κ3) is 7.19. The summed E-state index contributed by atoms with van der Waals surface area (Å²) in [6, 6.07) is 8.34. The lowest BCUT2D eigenvalue weighted by atomic mass is 10.0. The van der Waals surface area contributed by atoms with Crippen molar-refractivity contribution in [1.29, 1.82) is 0 Å². The fourth-order valence-electron chi connectivity index (χ4n) is 3.47. The van der Waals surface area contributed by atoms with Crippen LogP contribution < -0.4 is 15.4 Å². The first-order valence-corrected chi connectivity index (χ1v) is 12.1. The number of nitrogens with one attached hydrogen (secondary N) is 2. The van der Waals surface area contributed by atoms with Gasteiger partial charge in [0.1, 0.15) is 12.4 Å². The fraction of sp³-hybridized carbons (Fsp3) is 0.667. The Bertz CT molecular complexity index is 757. The molecule has 8 heteroatoms. The molecule has 7 nitrogen and oxygen atoms in total. The maximum absolute atomic E-state index is 12.2. The molecule has 1 saturated heterocycles. The van der Waals surface area contributed by atoms with Gasteiger partial charge in [-0.05, 0) is 36.8 Å². The van der Waals surface area contributed by atoms with Crippen molar-refractivity contribution in [3.8, 4) is 5.75 Å². The fourth-order valence-corrected chi connectivity index (χ4v) is 5.01. The first kappa shape index (κ1) is 23.5. The minimum atomic E-state index is -3.10. The van der Waals surface area contributed by atoms with E-state index < -0.39 is 10.0 Å². The topological polar surface area (TPSA) is 83.0 Å². The first-order valence-electron chi connectivity index (χ1n) is 10.5. The molecule has 0 aromatic heterocycles. The third-order valence-electron chi connectivity index (χ3n) is 5.07. The summed E-state index contributed by atoms with van der Waals surface area (Å²) < 4.78 is 31.9. The Morgan fingerprint density at radius 3 is 2.59 bits per heavy atom. The standard InChI is InChI=1S/C21H36N4O3S/c1-5-16-29(26,27)25-13-10-18(11-14-25)24-21(22-4)23-12-15-28-20-9-7-6-8-19(20)17(2)3/h6-9,17-18H,5,10-16H2,1-4H3,(H2,22,23,24). The zero-order valence-corrected chi connectivity index (χ0v) is 19.0. The van der Waals surface area contributed by atoms with Crippen molar-refractivity contribution in [3.05, 3.63) is 29.8 Å². The molecule has 0 radical (unpaired) electrons. The second-order valence-electron chi connectivity index (χ2n) is 7.67. The molecule has 1 aromatic rings. The van der Waals surface area contributed by atoms with Gasteiger partial charge in [0.15, 0.2) is 5.96 Å². The predicted octanol–water partition coefficient (Wildman–Crippen LogP) is 2.56. The molecule has 0 bridgehead atoms. The van der Waals surface area contributed by atoms with Gasteiger partial charge in [0.2, 0.25) is 10.0 Å². The summed E-state index contributed by atoms with van der Waals surface area (Å²) in [7, 11) is -1.36. The third-order valence-corrected chi connectivity index (χ3v) is 7.14. The summed E-state index contributed by atoms with van der Waals surface area (Å²) in [5.74, 6) is 2.29. The van der Waals surface area contributed by atoms with Gasteiger partial charge in [-0.3, -0.25) is 4.99 Å². The van der Waals surface area contributed by atoms with E-state index in [-0.39, 0.29) is 11.8 Å². The predicted molar refractivity (Wildman–Crippen MR) is 119 cm³/mol. The SMILES string of the molecule is CCCS(=O)(=O)N1CCC(NC(=NC)NCCOc2ccccc2C(C)C)CC1. The lowest BCUT2D eigenvalue weighted by Crippen LogP contribution is -2.50. The van der Waals surface area contributed by atoms with Gasteiger partial charge >= 0.3 is 0 Å². The number of hydrogen-bond donors (Lipinski definition) is 2. The molecule has 0 spiro atoms. The number of hydrogen-bond acceptors (Lipinski definition) is 4. The van der Waals surface area contributed by atoms with Gasteiger partial charge in [0.05, 0.1) is 12.3 Å². The van der Waals surface area contributed by atoms with Gasteiger partial charge < -0.3 is 15.4 Å². The number of sulfonamides is 1. The molecule has 1 fully saturated rings. The van der Waals surface area contributed by atoms with Gasteiger partial charge in [0, 0.05) is 26.2 Å². The van der Waals surface area contributed by atoms with Crippen LogP contribution in [0.3, 0.4) is 0 Å². The molecule has 1 heterocycles. The first-order chi connectivity index (χ1) is 13.9. The lowest BCUT2D eigenvalue weighted by molar-refractivity contribution is 0.302. The molecule has 0 atom stereocenters. The number of nitrogens with zero attached hydrogens (tertiary/aromatic N) is 2. The van der Waals surface area contributed by atoms with Crippen molar-refractivity contribution in [2.45, 2.75) is 52.0 Å². The van der Waals surface area contributed by atoms with E-state index in [2.05, 4.69) is 35.5 Å². The largest absolute Gasteiger partial charge is 0.491 e. The van der Waals surface area contributed by atoms with Crippen LogP contribution in [-0.2, 0) is 10.0 Å². The van der Waals surface area contributed by atoms with Crippen molar-refractivity contribution in [2.24, 2.45) is 4.99 Å². The molecule has 0 amide bonds. The highest BCUT2D eigenvalue weighted by Crippen LogP contribution is 2.25. The Morgan fingerprint density at radius 1 is 1.28 bits per heavy atom. The molecular weight excluding hydrogens is 388 g/mol. The second-order valence-corrected chi connectivity index (χ2v) is 9.76. The van der Waals surface area contributed by atoms with Crippen LogP contribution in [0.4, 0.5) is 0 Å². The van der Waals surface area contributed by atoms with Crippen molar-refractivity contribution < 1.29 is 13.2 Å². The molecule has 1 aliphatic heterocycles. The van der Waals surface area contributed by atoms with E-state index in [0.717, 1.165) is 24.6 Å². The molecule has 1 aliphatic rings. The maximum atomic E-state index is 12.2. The van der Waals surface area contributed by atoms with Crippen LogP contribution in [0.1, 0.15) is 51.5 Å². The molecule has 29 heavy (non-hydrogen) atoms. The van der Waals surface area contributed by atoms with Gasteiger partial charge in [-0.25, -0.2) is 12.7 Å². The summed E-state index contributed by atoms with van der Waals surface area (Å²) >= 11 is 0. The summed E-state index contributed by atoms with van der Waals surface area (Å²) in [5, 5.41) is 6.68. The Morgan fingerprint density at radius 2 is 1.97 bits per heavy atom. The second kappa shape index (κ2) is 11.4. The van der Waals surface area contributed by atoms with Crippen LogP contribution in [0.2, 0.25) is 0 Å². The summed E-state index contributed by atoms with van der Waals surface area (Å²) in [5.41, 5.74) is 1.21. The van der Waals surface area contributed by atoms with E-state index in [4.69, 9.17) is 4.74 Å². The van der Waals surface area contributed by atoms with Crippen LogP contribution in [0.5, 0.6) is 5.75 Å². The summed E-state index contributed by atoms with van der Waals surface area (Å²) in [6.45, 7) is 8.51. The van der Waals surface area contributed by atoms with Crippen molar-refractivity contribution in [2.75, 3.05) is 39.0 Å².